The lowest BCUT2D eigenvalue weighted by Crippen LogP contribution is -2.24. The fourth-order valence-corrected chi connectivity index (χ4v) is 3.01. The summed E-state index contributed by atoms with van der Waals surface area (Å²) >= 11 is 5.91. The summed E-state index contributed by atoms with van der Waals surface area (Å²) in [5, 5.41) is 0.0541. The van der Waals surface area contributed by atoms with Crippen molar-refractivity contribution in [1.82, 2.24) is 19.5 Å². The van der Waals surface area contributed by atoms with Crippen LogP contribution in [0.1, 0.15) is 11.3 Å². The molecule has 0 aliphatic rings. The number of aryl methyl sites for hydroxylation is 1. The van der Waals surface area contributed by atoms with Crippen molar-refractivity contribution in [3.05, 3.63) is 53.2 Å². The molecule has 0 atom stereocenters. The maximum Gasteiger partial charge on any atom is 0.434 e. The highest BCUT2D eigenvalue weighted by molar-refractivity contribution is 6.28. The molecule has 0 saturated carbocycles. The first-order valence-electron chi connectivity index (χ1n) is 8.67. The van der Waals surface area contributed by atoms with Crippen LogP contribution in [0.2, 0.25) is 5.28 Å². The Morgan fingerprint density at radius 1 is 1.23 bits per heavy atom. The predicted molar refractivity (Wildman–Crippen MR) is 107 cm³/mol. The Labute approximate surface area is 176 Å². The molecule has 6 nitrogen and oxygen atoms in total. The van der Waals surface area contributed by atoms with Gasteiger partial charge in [-0.2, -0.15) is 18.2 Å². The lowest BCUT2D eigenvalue weighted by Gasteiger charge is -2.23. The molecular formula is C20H17ClF3N5O. The van der Waals surface area contributed by atoms with Crippen LogP contribution in [0.4, 0.5) is 19.0 Å². The quantitative estimate of drug-likeness (QED) is 0.429. The maximum absolute atomic E-state index is 12.9. The third-order valence-corrected chi connectivity index (χ3v) is 4.44. The Morgan fingerprint density at radius 3 is 2.50 bits per heavy atom. The number of halogens is 4. The minimum atomic E-state index is -4.50. The van der Waals surface area contributed by atoms with Gasteiger partial charge in [0.25, 0.3) is 0 Å². The van der Waals surface area contributed by atoms with E-state index in [1.54, 1.807) is 29.2 Å². The second-order valence-corrected chi connectivity index (χ2v) is 6.68. The number of hydrogen-bond acceptors (Lipinski definition) is 5. The molecule has 2 heterocycles. The summed E-state index contributed by atoms with van der Waals surface area (Å²) in [6.07, 6.45) is 3.41. The molecular weight excluding hydrogens is 419 g/mol. The van der Waals surface area contributed by atoms with Gasteiger partial charge in [0.05, 0.1) is 19.9 Å². The average molecular weight is 436 g/mol. The SMILES string of the molecule is C#CCN(Cc1ccc(-c2nc(C(F)(F)F)cn2C)cc1)c1nc(Cl)ncc1OC. The fourth-order valence-electron chi connectivity index (χ4n) is 2.88. The van der Waals surface area contributed by atoms with E-state index < -0.39 is 11.9 Å². The van der Waals surface area contributed by atoms with E-state index in [1.165, 1.54) is 24.9 Å². The van der Waals surface area contributed by atoms with Gasteiger partial charge in [-0.3, -0.25) is 0 Å². The number of ether oxygens (including phenoxy) is 1. The van der Waals surface area contributed by atoms with Crippen LogP contribution in [0.25, 0.3) is 11.4 Å². The fraction of sp³-hybridized carbons (Fsp3) is 0.250. The minimum absolute atomic E-state index is 0.0541. The molecule has 0 unspecified atom stereocenters. The molecule has 0 radical (unpaired) electrons. The largest absolute Gasteiger partial charge is 0.491 e. The number of nitrogens with zero attached hydrogens (tertiary/aromatic N) is 5. The number of anilines is 1. The van der Waals surface area contributed by atoms with Crippen molar-refractivity contribution < 1.29 is 17.9 Å². The van der Waals surface area contributed by atoms with Crippen LogP contribution in [0.5, 0.6) is 5.75 Å². The molecule has 1 aromatic carbocycles. The molecule has 0 spiro atoms. The number of rotatable bonds is 6. The third kappa shape index (κ3) is 4.66. The lowest BCUT2D eigenvalue weighted by molar-refractivity contribution is -0.140. The predicted octanol–water partition coefficient (Wildman–Crippen LogP) is 4.20. The van der Waals surface area contributed by atoms with Crippen molar-refractivity contribution in [3.8, 4) is 29.5 Å². The number of methoxy groups -OCH3 is 1. The summed E-state index contributed by atoms with van der Waals surface area (Å²) in [4.78, 5) is 13.6. The second kappa shape index (κ2) is 8.63. The first-order chi connectivity index (χ1) is 14.2. The molecule has 0 N–H and O–H groups in total. The van der Waals surface area contributed by atoms with Gasteiger partial charge in [0.2, 0.25) is 5.28 Å². The van der Waals surface area contributed by atoms with Crippen molar-refractivity contribution >= 4 is 17.4 Å². The van der Waals surface area contributed by atoms with Crippen molar-refractivity contribution in [2.75, 3.05) is 18.6 Å². The Balaban J connectivity index is 1.86. The third-order valence-electron chi connectivity index (χ3n) is 4.26. The van der Waals surface area contributed by atoms with Gasteiger partial charge in [-0.05, 0) is 17.2 Å². The van der Waals surface area contributed by atoms with Gasteiger partial charge in [-0.25, -0.2) is 9.97 Å². The van der Waals surface area contributed by atoms with Gasteiger partial charge in [0.15, 0.2) is 17.3 Å². The molecule has 3 rings (SSSR count). The van der Waals surface area contributed by atoms with Crippen molar-refractivity contribution in [2.45, 2.75) is 12.7 Å². The zero-order valence-corrected chi connectivity index (χ0v) is 16.9. The van der Waals surface area contributed by atoms with E-state index in [-0.39, 0.29) is 17.7 Å². The Bertz CT molecular complexity index is 1070. The molecule has 0 amide bonds. The van der Waals surface area contributed by atoms with E-state index in [9.17, 15) is 13.2 Å². The van der Waals surface area contributed by atoms with E-state index in [4.69, 9.17) is 22.8 Å². The molecule has 2 aromatic heterocycles. The van der Waals surface area contributed by atoms with E-state index in [2.05, 4.69) is 20.9 Å². The van der Waals surface area contributed by atoms with E-state index >= 15 is 0 Å². The average Bonchev–Trinajstić information content (AvgIpc) is 3.10. The standard InChI is InChI=1S/C20H17ClF3N5O/c1-4-9-29(18-15(30-3)10-25-19(21)27-18)11-13-5-7-14(8-6-13)17-26-16(12-28(17)2)20(22,23)24/h1,5-8,10,12H,9,11H2,2-3H3. The Morgan fingerprint density at radius 2 is 1.93 bits per heavy atom. The zero-order valence-electron chi connectivity index (χ0n) is 16.1. The first kappa shape index (κ1) is 21.5. The minimum Gasteiger partial charge on any atom is -0.491 e. The van der Waals surface area contributed by atoms with E-state index in [0.29, 0.717) is 23.7 Å². The number of imidazole rings is 1. The molecule has 3 aromatic rings. The summed E-state index contributed by atoms with van der Waals surface area (Å²) in [5.41, 5.74) is 0.482. The molecule has 0 saturated heterocycles. The van der Waals surface area contributed by atoms with Crippen LogP contribution < -0.4 is 9.64 Å². The zero-order chi connectivity index (χ0) is 21.9. The topological polar surface area (TPSA) is 56.1 Å². The molecule has 10 heteroatoms. The van der Waals surface area contributed by atoms with Crippen LogP contribution in [0.15, 0.2) is 36.7 Å². The number of terminal acetylenes is 1. The summed E-state index contributed by atoms with van der Waals surface area (Å²) < 4.78 is 45.3. The summed E-state index contributed by atoms with van der Waals surface area (Å²) in [7, 11) is 3.01. The Hall–Kier alpha value is -3.25. The maximum atomic E-state index is 12.9. The monoisotopic (exact) mass is 435 g/mol. The van der Waals surface area contributed by atoms with Gasteiger partial charge in [-0.15, -0.1) is 6.42 Å². The molecule has 30 heavy (non-hydrogen) atoms. The highest BCUT2D eigenvalue weighted by atomic mass is 35.5. The van der Waals surface area contributed by atoms with Crippen LogP contribution in [-0.2, 0) is 19.8 Å². The highest BCUT2D eigenvalue weighted by Crippen LogP contribution is 2.31. The molecule has 0 aliphatic heterocycles. The van der Waals surface area contributed by atoms with Gasteiger partial charge in [0.1, 0.15) is 5.82 Å². The Kier molecular flexibility index (Phi) is 6.17. The van der Waals surface area contributed by atoms with E-state index in [1.807, 2.05) is 0 Å². The van der Waals surface area contributed by atoms with Gasteiger partial charge in [0, 0.05) is 25.4 Å². The summed E-state index contributed by atoms with van der Waals surface area (Å²) in [6.45, 7) is 0.613. The van der Waals surface area contributed by atoms with E-state index in [0.717, 1.165) is 11.8 Å². The lowest BCUT2D eigenvalue weighted by atomic mass is 10.1. The summed E-state index contributed by atoms with van der Waals surface area (Å²) in [6, 6.07) is 6.98. The van der Waals surface area contributed by atoms with Crippen LogP contribution in [0.3, 0.4) is 0 Å². The number of benzene rings is 1. The molecule has 156 valence electrons. The van der Waals surface area contributed by atoms with Gasteiger partial charge < -0.3 is 14.2 Å². The van der Waals surface area contributed by atoms with Crippen LogP contribution >= 0.6 is 11.6 Å². The van der Waals surface area contributed by atoms with Crippen molar-refractivity contribution in [2.24, 2.45) is 7.05 Å². The second-order valence-electron chi connectivity index (χ2n) is 6.35. The molecule has 0 aliphatic carbocycles. The van der Waals surface area contributed by atoms with Crippen LogP contribution in [0, 0.1) is 12.3 Å². The number of hydrogen-bond donors (Lipinski definition) is 0. The van der Waals surface area contributed by atoms with Crippen LogP contribution in [-0.4, -0.2) is 33.2 Å². The number of aromatic nitrogens is 4. The van der Waals surface area contributed by atoms with Gasteiger partial charge in [-0.1, -0.05) is 30.2 Å². The number of alkyl halides is 3. The smallest absolute Gasteiger partial charge is 0.434 e. The normalized spacial score (nSPS) is 11.2. The van der Waals surface area contributed by atoms with Gasteiger partial charge >= 0.3 is 6.18 Å². The first-order valence-corrected chi connectivity index (χ1v) is 9.05. The van der Waals surface area contributed by atoms with Crippen molar-refractivity contribution in [3.63, 3.8) is 0 Å². The van der Waals surface area contributed by atoms with Crippen molar-refractivity contribution in [1.29, 1.82) is 0 Å². The highest BCUT2D eigenvalue weighted by Gasteiger charge is 2.34. The summed E-state index contributed by atoms with van der Waals surface area (Å²) in [5.74, 6) is 3.65. The molecule has 0 fully saturated rings. The molecule has 0 bridgehead atoms.